The summed E-state index contributed by atoms with van der Waals surface area (Å²) >= 11 is 0. The van der Waals surface area contributed by atoms with Crippen LogP contribution in [-0.2, 0) is 14.4 Å². The molecule has 0 bridgehead atoms. The van der Waals surface area contributed by atoms with Crippen molar-refractivity contribution in [2.24, 2.45) is 11.8 Å². The van der Waals surface area contributed by atoms with Gasteiger partial charge in [0.2, 0.25) is 11.9 Å². The summed E-state index contributed by atoms with van der Waals surface area (Å²) in [4.78, 5) is 27.4. The lowest BCUT2D eigenvalue weighted by molar-refractivity contribution is -0.314. The molecule has 1 aromatic heterocycles. The van der Waals surface area contributed by atoms with Gasteiger partial charge in [-0.25, -0.2) is 0 Å². The van der Waals surface area contributed by atoms with Crippen molar-refractivity contribution in [3.8, 4) is 6.01 Å². The molecular weight excluding hydrogens is 691 g/mol. The summed E-state index contributed by atoms with van der Waals surface area (Å²) in [7, 11) is 0. The molecule has 2 saturated carbocycles. The molecule has 0 radical (unpaired) electrons. The number of ether oxygens (including phenoxy) is 2. The Bertz CT molecular complexity index is 1200. The normalized spacial score (nSPS) is 26.5. The number of rotatable bonds is 19. The van der Waals surface area contributed by atoms with E-state index in [9.17, 15) is 0 Å². The second kappa shape index (κ2) is 18.9. The number of nitrogens with one attached hydrogen (secondary N) is 2. The van der Waals surface area contributed by atoms with Crippen LogP contribution in [0.15, 0.2) is 0 Å². The van der Waals surface area contributed by atoms with Crippen molar-refractivity contribution >= 4 is 11.9 Å². The molecule has 11 nitrogen and oxygen atoms in total. The lowest BCUT2D eigenvalue weighted by Gasteiger charge is -2.55. The monoisotopic (exact) mass is 770 g/mol. The molecule has 4 heterocycles. The Balaban J connectivity index is 0.925. The number of hydrogen-bond donors (Lipinski definition) is 2. The largest absolute Gasteiger partial charge is 0.460 e. The fourth-order valence-corrected chi connectivity index (χ4v) is 11.0. The van der Waals surface area contributed by atoms with E-state index in [0.29, 0.717) is 48.6 Å². The second-order valence-electron chi connectivity index (χ2n) is 20.5. The van der Waals surface area contributed by atoms with E-state index < -0.39 is 0 Å². The number of epoxide rings is 1. The fraction of sp³-hybridized carbons (Fsp3) is 0.932. The van der Waals surface area contributed by atoms with Crippen molar-refractivity contribution in [2.45, 2.75) is 224 Å². The maximum Gasteiger partial charge on any atom is 0.323 e. The van der Waals surface area contributed by atoms with Gasteiger partial charge in [-0.15, -0.1) is 0 Å². The maximum absolute atomic E-state index is 6.73. The van der Waals surface area contributed by atoms with Gasteiger partial charge in [-0.3, -0.25) is 9.68 Å². The van der Waals surface area contributed by atoms with Gasteiger partial charge >= 0.3 is 6.01 Å². The number of unbranched alkanes of at least 4 members (excludes halogenated alkanes) is 2. The zero-order valence-electron chi connectivity index (χ0n) is 36.2. The van der Waals surface area contributed by atoms with Gasteiger partial charge in [0.15, 0.2) is 0 Å². The van der Waals surface area contributed by atoms with E-state index >= 15 is 0 Å². The molecule has 0 aromatic carbocycles. The molecule has 0 amide bonds. The van der Waals surface area contributed by atoms with Gasteiger partial charge in [0, 0.05) is 35.2 Å². The van der Waals surface area contributed by atoms with Crippen LogP contribution in [0.4, 0.5) is 11.9 Å². The van der Waals surface area contributed by atoms with E-state index in [1.165, 1.54) is 116 Å². The third-order valence-corrected chi connectivity index (χ3v) is 13.0. The van der Waals surface area contributed by atoms with Gasteiger partial charge in [0.05, 0.1) is 18.8 Å². The molecule has 3 aliphatic heterocycles. The number of hydrogen-bond acceptors (Lipinski definition) is 11. The van der Waals surface area contributed by atoms with E-state index in [0.717, 1.165) is 32.5 Å². The Hall–Kier alpha value is -1.79. The van der Waals surface area contributed by atoms with Crippen molar-refractivity contribution < 1.29 is 19.1 Å². The number of anilines is 2. The highest BCUT2D eigenvalue weighted by Gasteiger charge is 2.48. The minimum absolute atomic E-state index is 0.0349. The molecule has 1 unspecified atom stereocenters. The minimum atomic E-state index is 0.0349. The van der Waals surface area contributed by atoms with Crippen LogP contribution >= 0.6 is 0 Å². The van der Waals surface area contributed by atoms with E-state index in [-0.39, 0.29) is 28.3 Å². The predicted octanol–water partition coefficient (Wildman–Crippen LogP) is 9.88. The first-order valence-corrected chi connectivity index (χ1v) is 22.6. The Labute approximate surface area is 334 Å². The van der Waals surface area contributed by atoms with Crippen LogP contribution in [0, 0.1) is 11.8 Å². The number of piperidine rings is 2. The minimum Gasteiger partial charge on any atom is -0.460 e. The Morgan fingerprint density at radius 1 is 0.582 bits per heavy atom. The second-order valence-corrected chi connectivity index (χ2v) is 20.5. The predicted molar refractivity (Wildman–Crippen MR) is 221 cm³/mol. The zero-order chi connectivity index (χ0) is 39.1. The van der Waals surface area contributed by atoms with Crippen LogP contribution in [0.25, 0.3) is 0 Å². The molecule has 1 aromatic rings. The fourth-order valence-electron chi connectivity index (χ4n) is 11.0. The van der Waals surface area contributed by atoms with Gasteiger partial charge in [-0.2, -0.15) is 25.1 Å². The van der Waals surface area contributed by atoms with Gasteiger partial charge in [0.1, 0.15) is 12.7 Å². The van der Waals surface area contributed by atoms with E-state index in [1.807, 2.05) is 0 Å². The molecule has 5 aliphatic rings. The van der Waals surface area contributed by atoms with Crippen molar-refractivity contribution in [3.63, 3.8) is 0 Å². The molecule has 2 N–H and O–H groups in total. The topological polar surface area (TPSA) is 109 Å². The van der Waals surface area contributed by atoms with Gasteiger partial charge in [-0.1, -0.05) is 64.2 Å². The molecule has 1 atom stereocenters. The SMILES string of the molecule is CC1(C)CC(CCCCNc2nc(NCCCCC3CC(C)(C)N(OC4CCCCC4)C(C)(C)C3)nc(OCC3CO3)n2)CC(C)(C)N1OC1CCCCC1. The molecule has 11 heteroatoms. The van der Waals surface area contributed by atoms with Crippen LogP contribution in [0.3, 0.4) is 0 Å². The lowest BCUT2D eigenvalue weighted by atomic mass is 9.73. The van der Waals surface area contributed by atoms with Gasteiger partial charge in [0.25, 0.3) is 0 Å². The molecular formula is C44H79N7O4. The Kier molecular flexibility index (Phi) is 14.7. The maximum atomic E-state index is 6.73. The summed E-state index contributed by atoms with van der Waals surface area (Å²) in [6, 6.07) is 0.355. The van der Waals surface area contributed by atoms with Crippen molar-refractivity contribution in [2.75, 3.05) is 36.9 Å². The molecule has 0 spiro atoms. The first-order chi connectivity index (χ1) is 26.2. The first-order valence-electron chi connectivity index (χ1n) is 22.6. The summed E-state index contributed by atoms with van der Waals surface area (Å²) in [5.74, 6) is 2.54. The Morgan fingerprint density at radius 2 is 0.982 bits per heavy atom. The van der Waals surface area contributed by atoms with Crippen molar-refractivity contribution in [1.29, 1.82) is 0 Å². The number of hydroxylamine groups is 4. The number of aromatic nitrogens is 3. The highest BCUT2D eigenvalue weighted by atomic mass is 16.7. The average Bonchev–Trinajstić information content (AvgIpc) is 3.95. The summed E-state index contributed by atoms with van der Waals surface area (Å²) in [5, 5.41) is 11.7. The van der Waals surface area contributed by atoms with Crippen LogP contribution in [0.2, 0.25) is 0 Å². The first kappa shape index (κ1) is 42.8. The Morgan fingerprint density at radius 3 is 1.36 bits per heavy atom. The number of nitrogens with zero attached hydrogens (tertiary/aromatic N) is 5. The van der Waals surface area contributed by atoms with Gasteiger partial charge < -0.3 is 20.1 Å². The smallest absolute Gasteiger partial charge is 0.323 e. The van der Waals surface area contributed by atoms with Crippen LogP contribution in [0.5, 0.6) is 6.01 Å². The summed E-state index contributed by atoms with van der Waals surface area (Å²) in [6.07, 6.45) is 25.3. The molecule has 2 aliphatic carbocycles. The molecule has 6 rings (SSSR count). The van der Waals surface area contributed by atoms with Crippen molar-refractivity contribution in [1.82, 2.24) is 25.1 Å². The molecule has 3 saturated heterocycles. The van der Waals surface area contributed by atoms with E-state index in [2.05, 4.69) is 86.1 Å². The lowest BCUT2D eigenvalue weighted by Crippen LogP contribution is -2.61. The van der Waals surface area contributed by atoms with Crippen LogP contribution < -0.4 is 15.4 Å². The summed E-state index contributed by atoms with van der Waals surface area (Å²) in [5.41, 5.74) is 0.140. The highest BCUT2D eigenvalue weighted by Crippen LogP contribution is 2.46. The van der Waals surface area contributed by atoms with Crippen LogP contribution in [-0.4, -0.2) is 91.8 Å². The van der Waals surface area contributed by atoms with Crippen molar-refractivity contribution in [3.05, 3.63) is 0 Å². The molecule has 55 heavy (non-hydrogen) atoms. The molecule has 314 valence electrons. The highest BCUT2D eigenvalue weighted by molar-refractivity contribution is 5.35. The van der Waals surface area contributed by atoms with E-state index in [4.69, 9.17) is 24.1 Å². The zero-order valence-corrected chi connectivity index (χ0v) is 36.2. The standard InChI is InChI=1S/C44H79N7O4/c1-41(2)27-33(28-42(3,4)50(41)54-35-21-11-9-12-22-35)19-15-17-25-45-38-47-39(49-40(48-38)53-32-37-31-52-37)46-26-18-16-20-34-29-43(5,6)51(44(7,8)30-34)55-36-23-13-10-14-24-36/h33-37H,9-32H2,1-8H3,(H2,45,46,47,48,49). The van der Waals surface area contributed by atoms with E-state index in [1.54, 1.807) is 0 Å². The molecule has 5 fully saturated rings. The third kappa shape index (κ3) is 12.6. The quantitative estimate of drug-likeness (QED) is 0.104. The average molecular weight is 770 g/mol. The van der Waals surface area contributed by atoms with Gasteiger partial charge in [-0.05, 0) is 131 Å². The summed E-state index contributed by atoms with van der Waals surface area (Å²) in [6.45, 7) is 21.9. The van der Waals surface area contributed by atoms with Crippen LogP contribution in [0.1, 0.15) is 184 Å². The third-order valence-electron chi connectivity index (χ3n) is 13.0. The summed E-state index contributed by atoms with van der Waals surface area (Å²) < 4.78 is 11.3.